The van der Waals surface area contributed by atoms with Gasteiger partial charge in [-0.2, -0.15) is 0 Å². The monoisotopic (exact) mass is 422 g/mol. The molecule has 31 heavy (non-hydrogen) atoms. The largest absolute Gasteiger partial charge is 0.496 e. The maximum Gasteiger partial charge on any atom is 0.335 e. The zero-order chi connectivity index (χ0) is 22.0. The van der Waals surface area contributed by atoms with Crippen LogP contribution in [-0.4, -0.2) is 48.5 Å². The number of nitrogens with one attached hydrogen (secondary N) is 1. The van der Waals surface area contributed by atoms with E-state index in [0.717, 1.165) is 42.8 Å². The highest BCUT2D eigenvalue weighted by atomic mass is 16.5. The number of benzene rings is 2. The molecule has 2 atom stereocenters. The molecule has 1 fully saturated rings. The lowest BCUT2D eigenvalue weighted by molar-refractivity contribution is 0.0465. The number of carboxylic acid groups (broad SMARTS) is 1. The van der Waals surface area contributed by atoms with Crippen LogP contribution >= 0.6 is 0 Å². The van der Waals surface area contributed by atoms with Gasteiger partial charge < -0.3 is 24.5 Å². The van der Waals surface area contributed by atoms with Crippen molar-refractivity contribution in [2.75, 3.05) is 25.2 Å². The molecule has 0 spiro atoms. The van der Waals surface area contributed by atoms with E-state index in [1.807, 2.05) is 25.3 Å². The van der Waals surface area contributed by atoms with Gasteiger partial charge in [-0.25, -0.2) is 4.79 Å². The highest BCUT2D eigenvalue weighted by molar-refractivity contribution is 5.89. The number of aryl methyl sites for hydroxylation is 1. The van der Waals surface area contributed by atoms with Gasteiger partial charge in [-0.05, 0) is 75.1 Å². The smallest absolute Gasteiger partial charge is 0.335 e. The molecule has 0 bridgehead atoms. The van der Waals surface area contributed by atoms with Crippen LogP contribution in [0.25, 0.3) is 10.9 Å². The molecule has 1 saturated heterocycles. The van der Waals surface area contributed by atoms with E-state index in [2.05, 4.69) is 28.9 Å². The molecule has 2 aromatic carbocycles. The van der Waals surface area contributed by atoms with Crippen molar-refractivity contribution in [1.29, 1.82) is 0 Å². The second kappa shape index (κ2) is 9.02. The van der Waals surface area contributed by atoms with Gasteiger partial charge in [0.2, 0.25) is 0 Å². The molecule has 164 valence electrons. The molecular formula is C25H30N2O4. The van der Waals surface area contributed by atoms with E-state index in [1.165, 1.54) is 16.5 Å². The molecule has 3 aromatic rings. The molecule has 1 aliphatic heterocycles. The SMILES string of the molecule is CCO[C@H]1CC[C@@H](Cc2c(OC)cc(C)c3[nH]ccc23)N(c2ccc(C(=O)O)cc2)C1. The van der Waals surface area contributed by atoms with Crippen LogP contribution in [0.1, 0.15) is 41.3 Å². The number of aromatic carboxylic acids is 1. The van der Waals surface area contributed by atoms with Crippen molar-refractivity contribution in [1.82, 2.24) is 4.98 Å². The minimum atomic E-state index is -0.909. The minimum absolute atomic E-state index is 0.174. The van der Waals surface area contributed by atoms with Gasteiger partial charge in [-0.3, -0.25) is 0 Å². The first kappa shape index (κ1) is 21.2. The fourth-order valence-corrected chi connectivity index (χ4v) is 4.75. The van der Waals surface area contributed by atoms with E-state index in [9.17, 15) is 9.90 Å². The van der Waals surface area contributed by atoms with Gasteiger partial charge in [-0.15, -0.1) is 0 Å². The van der Waals surface area contributed by atoms with Crippen LogP contribution < -0.4 is 9.64 Å². The quantitative estimate of drug-likeness (QED) is 0.572. The molecule has 0 saturated carbocycles. The Kier molecular flexibility index (Phi) is 6.18. The maximum atomic E-state index is 11.3. The van der Waals surface area contributed by atoms with Crippen LogP contribution in [0.5, 0.6) is 5.75 Å². The Labute approximate surface area is 182 Å². The molecule has 0 radical (unpaired) electrons. The highest BCUT2D eigenvalue weighted by Gasteiger charge is 2.30. The molecule has 1 aliphatic rings. The van der Waals surface area contributed by atoms with E-state index < -0.39 is 5.97 Å². The number of nitrogens with zero attached hydrogens (tertiary/aromatic N) is 1. The van der Waals surface area contributed by atoms with E-state index >= 15 is 0 Å². The Morgan fingerprint density at radius 3 is 2.68 bits per heavy atom. The van der Waals surface area contributed by atoms with E-state index in [-0.39, 0.29) is 12.1 Å². The number of ether oxygens (including phenoxy) is 2. The normalized spacial score (nSPS) is 19.0. The summed E-state index contributed by atoms with van der Waals surface area (Å²) < 4.78 is 11.7. The lowest BCUT2D eigenvalue weighted by atomic mass is 9.91. The predicted molar refractivity (Wildman–Crippen MR) is 122 cm³/mol. The lowest BCUT2D eigenvalue weighted by Crippen LogP contribution is -2.47. The summed E-state index contributed by atoms with van der Waals surface area (Å²) in [4.78, 5) is 17.0. The number of methoxy groups -OCH3 is 1. The van der Waals surface area contributed by atoms with E-state index in [0.29, 0.717) is 12.2 Å². The van der Waals surface area contributed by atoms with Crippen LogP contribution in [0.2, 0.25) is 0 Å². The first-order valence-corrected chi connectivity index (χ1v) is 10.9. The maximum absolute atomic E-state index is 11.3. The number of H-pyrrole nitrogens is 1. The van der Waals surface area contributed by atoms with Crippen LogP contribution in [0, 0.1) is 6.92 Å². The van der Waals surface area contributed by atoms with Gasteiger partial charge in [0.15, 0.2) is 0 Å². The number of aromatic nitrogens is 1. The average molecular weight is 423 g/mol. The van der Waals surface area contributed by atoms with Crippen molar-refractivity contribution in [3.8, 4) is 5.75 Å². The summed E-state index contributed by atoms with van der Waals surface area (Å²) in [5.74, 6) is 0.00545. The zero-order valence-corrected chi connectivity index (χ0v) is 18.4. The van der Waals surface area contributed by atoms with Crippen molar-refractivity contribution in [2.24, 2.45) is 0 Å². The lowest BCUT2D eigenvalue weighted by Gasteiger charge is -2.41. The molecule has 6 heteroatoms. The van der Waals surface area contributed by atoms with Crippen molar-refractivity contribution in [3.05, 3.63) is 59.3 Å². The molecule has 2 heterocycles. The summed E-state index contributed by atoms with van der Waals surface area (Å²) in [6.45, 7) is 5.60. The molecule has 6 nitrogen and oxygen atoms in total. The second-order valence-electron chi connectivity index (χ2n) is 8.16. The van der Waals surface area contributed by atoms with Crippen molar-refractivity contribution in [3.63, 3.8) is 0 Å². The minimum Gasteiger partial charge on any atom is -0.496 e. The summed E-state index contributed by atoms with van der Waals surface area (Å²) in [5.41, 5.74) is 4.85. The number of carbonyl (C=O) groups is 1. The Morgan fingerprint density at radius 1 is 1.23 bits per heavy atom. The number of anilines is 1. The van der Waals surface area contributed by atoms with Gasteiger partial charge in [0, 0.05) is 47.5 Å². The fourth-order valence-electron chi connectivity index (χ4n) is 4.75. The Morgan fingerprint density at radius 2 is 2.00 bits per heavy atom. The van der Waals surface area contributed by atoms with Crippen LogP contribution in [0.3, 0.4) is 0 Å². The summed E-state index contributed by atoms with van der Waals surface area (Å²) in [5, 5.41) is 10.5. The van der Waals surface area contributed by atoms with Crippen molar-refractivity contribution >= 4 is 22.6 Å². The number of piperidine rings is 1. The predicted octanol–water partition coefficient (Wildman–Crippen LogP) is 4.80. The summed E-state index contributed by atoms with van der Waals surface area (Å²) in [6.07, 6.45) is 5.00. The summed E-state index contributed by atoms with van der Waals surface area (Å²) in [6, 6.07) is 11.7. The highest BCUT2D eigenvalue weighted by Crippen LogP contribution is 2.35. The van der Waals surface area contributed by atoms with Crippen molar-refractivity contribution in [2.45, 2.75) is 45.3 Å². The number of carboxylic acids is 1. The average Bonchev–Trinajstić information content (AvgIpc) is 3.27. The molecule has 0 unspecified atom stereocenters. The van der Waals surface area contributed by atoms with Crippen LogP contribution in [0.4, 0.5) is 5.69 Å². The number of aromatic amines is 1. The van der Waals surface area contributed by atoms with E-state index in [4.69, 9.17) is 9.47 Å². The summed E-state index contributed by atoms with van der Waals surface area (Å²) in [7, 11) is 1.73. The second-order valence-corrected chi connectivity index (χ2v) is 8.16. The molecule has 2 N–H and O–H groups in total. The third-order valence-electron chi connectivity index (χ3n) is 6.28. The summed E-state index contributed by atoms with van der Waals surface area (Å²) >= 11 is 0. The molecular weight excluding hydrogens is 392 g/mol. The molecule has 0 aliphatic carbocycles. The molecule has 1 aromatic heterocycles. The Bertz CT molecular complexity index is 1060. The zero-order valence-electron chi connectivity index (χ0n) is 18.4. The number of fused-ring (bicyclic) bond motifs is 1. The number of rotatable bonds is 7. The fraction of sp³-hybridized carbons (Fsp3) is 0.400. The first-order chi connectivity index (χ1) is 15.0. The third-order valence-corrected chi connectivity index (χ3v) is 6.28. The van der Waals surface area contributed by atoms with Gasteiger partial charge in [0.05, 0.1) is 18.8 Å². The van der Waals surface area contributed by atoms with Gasteiger partial charge in [0.25, 0.3) is 0 Å². The Balaban J connectivity index is 1.69. The van der Waals surface area contributed by atoms with Gasteiger partial charge in [-0.1, -0.05) is 0 Å². The van der Waals surface area contributed by atoms with Crippen LogP contribution in [0.15, 0.2) is 42.6 Å². The standard InChI is InChI=1S/C25H30N2O4/c1-4-31-20-10-9-19(27(15-20)18-7-5-17(6-8-18)25(28)29)14-22-21-11-12-26-24(21)16(2)13-23(22)30-3/h5-8,11-13,19-20,26H,4,9-10,14-15H2,1-3H3,(H,28,29)/t19-,20-/m0/s1. The van der Waals surface area contributed by atoms with Crippen LogP contribution in [-0.2, 0) is 11.2 Å². The topological polar surface area (TPSA) is 74.8 Å². The van der Waals surface area contributed by atoms with Gasteiger partial charge >= 0.3 is 5.97 Å². The number of hydrogen-bond acceptors (Lipinski definition) is 4. The molecule has 4 rings (SSSR count). The first-order valence-electron chi connectivity index (χ1n) is 10.9. The third kappa shape index (κ3) is 4.26. The number of hydrogen-bond donors (Lipinski definition) is 2. The van der Waals surface area contributed by atoms with E-state index in [1.54, 1.807) is 19.2 Å². The Hall–Kier alpha value is -2.99. The van der Waals surface area contributed by atoms with Crippen molar-refractivity contribution < 1.29 is 19.4 Å². The molecule has 0 amide bonds. The van der Waals surface area contributed by atoms with Gasteiger partial charge in [0.1, 0.15) is 5.75 Å².